The van der Waals surface area contributed by atoms with Gasteiger partial charge < -0.3 is 14.2 Å². The number of hydrogen-bond acceptors (Lipinski definition) is 6. The van der Waals surface area contributed by atoms with Crippen LogP contribution in [0.5, 0.6) is 17.2 Å². The minimum Gasteiger partial charge on any atom is -0.494 e. The number of sulfonamides is 1. The van der Waals surface area contributed by atoms with Crippen LogP contribution in [0.15, 0.2) is 114 Å². The number of hydrogen-bond donors (Lipinski definition) is 0. The van der Waals surface area contributed by atoms with Crippen LogP contribution in [0.3, 0.4) is 0 Å². The summed E-state index contributed by atoms with van der Waals surface area (Å²) >= 11 is 0. The van der Waals surface area contributed by atoms with Crippen molar-refractivity contribution in [2.75, 3.05) is 18.0 Å². The molecule has 4 aromatic rings. The van der Waals surface area contributed by atoms with Crippen molar-refractivity contribution < 1.29 is 27.4 Å². The maximum Gasteiger partial charge on any atom is 0.271 e. The van der Waals surface area contributed by atoms with Crippen LogP contribution in [0.4, 0.5) is 5.69 Å². The zero-order chi connectivity index (χ0) is 27.7. The lowest BCUT2D eigenvalue weighted by atomic mass is 10.2. The number of rotatable bonds is 11. The molecule has 0 aliphatic carbocycles. The SMILES string of the molecule is CCOc1ccc(N(C(=O)/C=C/c2ccc(OCc3ccccc3)c(OC)c2)S(=O)(=O)c2ccccc2)cc1. The highest BCUT2D eigenvalue weighted by Crippen LogP contribution is 2.30. The Kier molecular flexibility index (Phi) is 9.01. The number of ether oxygens (including phenoxy) is 3. The molecule has 4 rings (SSSR count). The number of nitrogens with zero attached hydrogens (tertiary/aromatic N) is 1. The zero-order valence-corrected chi connectivity index (χ0v) is 22.5. The van der Waals surface area contributed by atoms with E-state index < -0.39 is 15.9 Å². The molecule has 0 radical (unpaired) electrons. The maximum atomic E-state index is 13.5. The number of carbonyl (C=O) groups excluding carboxylic acids is 1. The van der Waals surface area contributed by atoms with Crippen molar-refractivity contribution >= 4 is 27.7 Å². The highest BCUT2D eigenvalue weighted by molar-refractivity contribution is 7.93. The molecule has 0 aromatic heterocycles. The first-order chi connectivity index (χ1) is 18.9. The van der Waals surface area contributed by atoms with Gasteiger partial charge in [-0.3, -0.25) is 4.79 Å². The molecule has 0 unspecified atom stereocenters. The third kappa shape index (κ3) is 6.86. The molecule has 0 spiro atoms. The monoisotopic (exact) mass is 543 g/mol. The second kappa shape index (κ2) is 12.8. The maximum absolute atomic E-state index is 13.5. The molecule has 0 atom stereocenters. The van der Waals surface area contributed by atoms with Crippen LogP contribution in [0.1, 0.15) is 18.1 Å². The highest BCUT2D eigenvalue weighted by atomic mass is 32.2. The first-order valence-corrected chi connectivity index (χ1v) is 13.8. The summed E-state index contributed by atoms with van der Waals surface area (Å²) in [5, 5.41) is 0. The Morgan fingerprint density at radius 1 is 0.821 bits per heavy atom. The molecule has 4 aromatic carbocycles. The minimum atomic E-state index is -4.19. The number of methoxy groups -OCH3 is 1. The fraction of sp³-hybridized carbons (Fsp3) is 0.129. The number of anilines is 1. The molecule has 0 heterocycles. The van der Waals surface area contributed by atoms with E-state index >= 15 is 0 Å². The Morgan fingerprint density at radius 2 is 1.49 bits per heavy atom. The standard InChI is InChI=1S/C31H29NO6S/c1-3-37-27-18-16-26(17-19-27)32(39(34,35)28-12-8-5-9-13-28)31(33)21-15-24-14-20-29(30(22-24)36-2)38-23-25-10-6-4-7-11-25/h4-22H,3,23H2,1-2H3/b21-15+. The summed E-state index contributed by atoms with van der Waals surface area (Å²) in [5.74, 6) is 0.877. The zero-order valence-electron chi connectivity index (χ0n) is 21.7. The Balaban J connectivity index is 1.60. The van der Waals surface area contributed by atoms with E-state index in [0.717, 1.165) is 9.87 Å². The molecule has 0 N–H and O–H groups in total. The molecule has 0 aliphatic heterocycles. The summed E-state index contributed by atoms with van der Waals surface area (Å²) in [4.78, 5) is 13.4. The summed E-state index contributed by atoms with van der Waals surface area (Å²) in [6.45, 7) is 2.69. The van der Waals surface area contributed by atoms with Gasteiger partial charge in [-0.2, -0.15) is 4.31 Å². The number of carbonyl (C=O) groups is 1. The van der Waals surface area contributed by atoms with E-state index in [1.54, 1.807) is 60.7 Å². The van der Waals surface area contributed by atoms with E-state index in [-0.39, 0.29) is 10.6 Å². The molecule has 200 valence electrons. The Hall–Kier alpha value is -4.56. The molecule has 0 saturated heterocycles. The third-order valence-electron chi connectivity index (χ3n) is 5.71. The van der Waals surface area contributed by atoms with Crippen LogP contribution in [0.2, 0.25) is 0 Å². The van der Waals surface area contributed by atoms with Crippen molar-refractivity contribution in [3.63, 3.8) is 0 Å². The fourth-order valence-electron chi connectivity index (χ4n) is 3.80. The molecule has 8 heteroatoms. The van der Waals surface area contributed by atoms with E-state index in [0.29, 0.717) is 36.0 Å². The van der Waals surface area contributed by atoms with Gasteiger partial charge in [-0.1, -0.05) is 54.6 Å². The van der Waals surface area contributed by atoms with Crippen molar-refractivity contribution in [1.29, 1.82) is 0 Å². The van der Waals surface area contributed by atoms with E-state index in [1.165, 1.54) is 31.4 Å². The van der Waals surface area contributed by atoms with Crippen LogP contribution in [0, 0.1) is 0 Å². The molecule has 7 nitrogen and oxygen atoms in total. The van der Waals surface area contributed by atoms with E-state index in [4.69, 9.17) is 14.2 Å². The number of benzene rings is 4. The first-order valence-electron chi connectivity index (χ1n) is 12.3. The minimum absolute atomic E-state index is 0.00206. The molecule has 0 bridgehead atoms. The van der Waals surface area contributed by atoms with Gasteiger partial charge in [-0.25, -0.2) is 8.42 Å². The smallest absolute Gasteiger partial charge is 0.271 e. The molecule has 1 amide bonds. The van der Waals surface area contributed by atoms with Gasteiger partial charge in [0.15, 0.2) is 11.5 Å². The summed E-state index contributed by atoms with van der Waals surface area (Å²) in [7, 11) is -2.66. The van der Waals surface area contributed by atoms with Gasteiger partial charge in [0.05, 0.1) is 24.3 Å². The summed E-state index contributed by atoms with van der Waals surface area (Å²) < 4.78 is 44.7. The Morgan fingerprint density at radius 3 is 2.13 bits per heavy atom. The largest absolute Gasteiger partial charge is 0.494 e. The quantitative estimate of drug-likeness (QED) is 0.212. The van der Waals surface area contributed by atoms with Gasteiger partial charge in [0.25, 0.3) is 15.9 Å². The second-order valence-electron chi connectivity index (χ2n) is 8.37. The highest BCUT2D eigenvalue weighted by Gasteiger charge is 2.29. The van der Waals surface area contributed by atoms with E-state index in [9.17, 15) is 13.2 Å². The third-order valence-corrected chi connectivity index (χ3v) is 7.45. The normalized spacial score (nSPS) is 11.2. The van der Waals surface area contributed by atoms with Gasteiger partial charge in [0.2, 0.25) is 0 Å². The van der Waals surface area contributed by atoms with Crippen LogP contribution in [0.25, 0.3) is 6.08 Å². The van der Waals surface area contributed by atoms with Gasteiger partial charge in [0, 0.05) is 6.08 Å². The van der Waals surface area contributed by atoms with Gasteiger partial charge in [-0.05, 0) is 72.7 Å². The topological polar surface area (TPSA) is 82.1 Å². The van der Waals surface area contributed by atoms with Crippen molar-refractivity contribution in [3.05, 3.63) is 120 Å². The molecule has 0 fully saturated rings. The lowest BCUT2D eigenvalue weighted by molar-refractivity contribution is -0.113. The molecular formula is C31H29NO6S. The predicted octanol–water partition coefficient (Wildman–Crippen LogP) is 6.11. The van der Waals surface area contributed by atoms with Crippen LogP contribution in [-0.2, 0) is 21.4 Å². The van der Waals surface area contributed by atoms with Crippen molar-refractivity contribution in [2.45, 2.75) is 18.4 Å². The van der Waals surface area contributed by atoms with Crippen molar-refractivity contribution in [1.82, 2.24) is 0 Å². The lowest BCUT2D eigenvalue weighted by Crippen LogP contribution is -2.35. The Bertz CT molecular complexity index is 1520. The van der Waals surface area contributed by atoms with Gasteiger partial charge in [0.1, 0.15) is 12.4 Å². The van der Waals surface area contributed by atoms with E-state index in [1.807, 2.05) is 37.3 Å². The molecule has 0 saturated carbocycles. The van der Waals surface area contributed by atoms with Crippen LogP contribution < -0.4 is 18.5 Å². The van der Waals surface area contributed by atoms with E-state index in [2.05, 4.69) is 0 Å². The van der Waals surface area contributed by atoms with Crippen LogP contribution >= 0.6 is 0 Å². The predicted molar refractivity (Wildman–Crippen MR) is 152 cm³/mol. The molecule has 39 heavy (non-hydrogen) atoms. The van der Waals surface area contributed by atoms with Gasteiger partial charge >= 0.3 is 0 Å². The molecular weight excluding hydrogens is 514 g/mol. The lowest BCUT2D eigenvalue weighted by Gasteiger charge is -2.21. The van der Waals surface area contributed by atoms with Gasteiger partial charge in [-0.15, -0.1) is 0 Å². The number of amides is 1. The van der Waals surface area contributed by atoms with Crippen molar-refractivity contribution in [3.8, 4) is 17.2 Å². The first kappa shape index (κ1) is 27.5. The fourth-order valence-corrected chi connectivity index (χ4v) is 5.21. The summed E-state index contributed by atoms with van der Waals surface area (Å²) in [6, 6.07) is 29.1. The Labute approximate surface area is 228 Å². The summed E-state index contributed by atoms with van der Waals surface area (Å²) in [6.07, 6.45) is 2.75. The van der Waals surface area contributed by atoms with Crippen molar-refractivity contribution in [2.24, 2.45) is 0 Å². The summed E-state index contributed by atoms with van der Waals surface area (Å²) in [5.41, 5.74) is 1.85. The molecule has 0 aliphatic rings. The van der Waals surface area contributed by atoms with Crippen LogP contribution in [-0.4, -0.2) is 28.0 Å². The average molecular weight is 544 g/mol. The second-order valence-corrected chi connectivity index (χ2v) is 10.2. The average Bonchev–Trinajstić information content (AvgIpc) is 2.97.